The SMILES string of the molecule is CCc1cnc2n1C(C(C)C)CC2. The van der Waals surface area contributed by atoms with Gasteiger partial charge in [-0.1, -0.05) is 20.8 Å². The summed E-state index contributed by atoms with van der Waals surface area (Å²) in [5.74, 6) is 2.04. The Balaban J connectivity index is 2.38. The molecule has 0 aromatic carbocycles. The highest BCUT2D eigenvalue weighted by Crippen LogP contribution is 2.32. The second kappa shape index (κ2) is 3.17. The molecule has 0 bridgehead atoms. The van der Waals surface area contributed by atoms with Gasteiger partial charge in [0.05, 0.1) is 0 Å². The van der Waals surface area contributed by atoms with Crippen LogP contribution in [0.15, 0.2) is 6.20 Å². The monoisotopic (exact) mass is 178 g/mol. The average molecular weight is 178 g/mol. The molecule has 0 fully saturated rings. The summed E-state index contributed by atoms with van der Waals surface area (Å²) in [5.41, 5.74) is 1.41. The molecule has 2 heteroatoms. The Bertz CT molecular complexity index is 299. The second-order valence-corrected chi connectivity index (χ2v) is 4.24. The highest BCUT2D eigenvalue weighted by Gasteiger charge is 2.26. The Hall–Kier alpha value is -0.790. The van der Waals surface area contributed by atoms with Crippen LogP contribution in [0.3, 0.4) is 0 Å². The molecule has 1 aliphatic rings. The second-order valence-electron chi connectivity index (χ2n) is 4.24. The Labute approximate surface area is 80.0 Å². The van der Waals surface area contributed by atoms with E-state index >= 15 is 0 Å². The van der Waals surface area contributed by atoms with Crippen LogP contribution >= 0.6 is 0 Å². The third-order valence-corrected chi connectivity index (χ3v) is 3.08. The first-order valence-electron chi connectivity index (χ1n) is 5.29. The smallest absolute Gasteiger partial charge is 0.109 e. The fraction of sp³-hybridized carbons (Fsp3) is 0.727. The lowest BCUT2D eigenvalue weighted by Crippen LogP contribution is -2.12. The van der Waals surface area contributed by atoms with Crippen molar-refractivity contribution in [1.29, 1.82) is 0 Å². The van der Waals surface area contributed by atoms with E-state index in [0.717, 1.165) is 12.3 Å². The van der Waals surface area contributed by atoms with Crippen LogP contribution in [0.5, 0.6) is 0 Å². The molecule has 1 aliphatic heterocycles. The van der Waals surface area contributed by atoms with Crippen LogP contribution in [-0.4, -0.2) is 9.55 Å². The minimum absolute atomic E-state index is 0.701. The molecule has 0 radical (unpaired) electrons. The lowest BCUT2D eigenvalue weighted by atomic mass is 10.0. The van der Waals surface area contributed by atoms with E-state index in [2.05, 4.69) is 30.3 Å². The van der Waals surface area contributed by atoms with Gasteiger partial charge in [-0.2, -0.15) is 0 Å². The van der Waals surface area contributed by atoms with E-state index in [4.69, 9.17) is 0 Å². The van der Waals surface area contributed by atoms with Crippen LogP contribution < -0.4 is 0 Å². The van der Waals surface area contributed by atoms with Crippen molar-refractivity contribution in [3.8, 4) is 0 Å². The van der Waals surface area contributed by atoms with E-state index < -0.39 is 0 Å². The van der Waals surface area contributed by atoms with Gasteiger partial charge in [-0.05, 0) is 18.8 Å². The van der Waals surface area contributed by atoms with Gasteiger partial charge in [-0.15, -0.1) is 0 Å². The number of imidazole rings is 1. The van der Waals surface area contributed by atoms with Gasteiger partial charge in [0.15, 0.2) is 0 Å². The molecule has 2 rings (SSSR count). The summed E-state index contributed by atoms with van der Waals surface area (Å²) in [4.78, 5) is 4.46. The summed E-state index contributed by atoms with van der Waals surface area (Å²) < 4.78 is 2.46. The summed E-state index contributed by atoms with van der Waals surface area (Å²) in [6.07, 6.45) is 5.61. The van der Waals surface area contributed by atoms with Crippen LogP contribution in [0.1, 0.15) is 44.8 Å². The van der Waals surface area contributed by atoms with E-state index in [1.54, 1.807) is 0 Å². The lowest BCUT2D eigenvalue weighted by molar-refractivity contribution is 0.385. The van der Waals surface area contributed by atoms with E-state index in [-0.39, 0.29) is 0 Å². The van der Waals surface area contributed by atoms with Crippen molar-refractivity contribution in [2.75, 3.05) is 0 Å². The van der Waals surface area contributed by atoms with Gasteiger partial charge >= 0.3 is 0 Å². The molecule has 2 heterocycles. The molecule has 0 aliphatic carbocycles. The van der Waals surface area contributed by atoms with E-state index in [1.165, 1.54) is 24.4 Å². The largest absolute Gasteiger partial charge is 0.329 e. The molecule has 0 spiro atoms. The van der Waals surface area contributed by atoms with Crippen molar-refractivity contribution in [2.24, 2.45) is 5.92 Å². The van der Waals surface area contributed by atoms with Gasteiger partial charge in [0.1, 0.15) is 5.82 Å². The van der Waals surface area contributed by atoms with Gasteiger partial charge in [0.25, 0.3) is 0 Å². The first-order chi connectivity index (χ1) is 6.24. The predicted octanol–water partition coefficient (Wildman–Crippen LogP) is 2.59. The summed E-state index contributed by atoms with van der Waals surface area (Å²) in [6, 6.07) is 0.701. The molecule has 72 valence electrons. The van der Waals surface area contributed by atoms with Crippen molar-refractivity contribution in [2.45, 2.75) is 46.1 Å². The van der Waals surface area contributed by atoms with Crippen molar-refractivity contribution < 1.29 is 0 Å². The van der Waals surface area contributed by atoms with E-state index in [1.807, 2.05) is 6.20 Å². The number of fused-ring (bicyclic) bond motifs is 1. The summed E-state index contributed by atoms with van der Waals surface area (Å²) in [5, 5.41) is 0. The number of hydrogen-bond acceptors (Lipinski definition) is 1. The zero-order chi connectivity index (χ0) is 9.42. The quantitative estimate of drug-likeness (QED) is 0.680. The van der Waals surface area contributed by atoms with E-state index in [0.29, 0.717) is 6.04 Å². The molecule has 0 N–H and O–H groups in total. The minimum atomic E-state index is 0.701. The number of aromatic nitrogens is 2. The third-order valence-electron chi connectivity index (χ3n) is 3.08. The van der Waals surface area contributed by atoms with E-state index in [9.17, 15) is 0 Å². The molecule has 1 atom stereocenters. The average Bonchev–Trinajstić information content (AvgIpc) is 2.61. The molecule has 2 nitrogen and oxygen atoms in total. The summed E-state index contributed by atoms with van der Waals surface area (Å²) in [6.45, 7) is 6.82. The predicted molar refractivity (Wildman–Crippen MR) is 53.8 cm³/mol. The molecule has 0 saturated heterocycles. The Morgan fingerprint density at radius 1 is 1.62 bits per heavy atom. The fourth-order valence-electron chi connectivity index (χ4n) is 2.33. The first-order valence-corrected chi connectivity index (χ1v) is 5.29. The van der Waals surface area contributed by atoms with Crippen molar-refractivity contribution in [1.82, 2.24) is 9.55 Å². The molecular formula is C11H18N2. The molecule has 0 saturated carbocycles. The van der Waals surface area contributed by atoms with Crippen LogP contribution in [0.4, 0.5) is 0 Å². The molecule has 1 aromatic rings. The first kappa shape index (κ1) is 8.79. The number of hydrogen-bond donors (Lipinski definition) is 0. The van der Waals surface area contributed by atoms with Gasteiger partial charge in [0.2, 0.25) is 0 Å². The van der Waals surface area contributed by atoms with Gasteiger partial charge < -0.3 is 4.57 Å². The Morgan fingerprint density at radius 3 is 3.00 bits per heavy atom. The summed E-state index contributed by atoms with van der Waals surface area (Å²) in [7, 11) is 0. The third kappa shape index (κ3) is 1.28. The normalized spacial score (nSPS) is 21.1. The maximum Gasteiger partial charge on any atom is 0.109 e. The van der Waals surface area contributed by atoms with Crippen molar-refractivity contribution in [3.63, 3.8) is 0 Å². The number of rotatable bonds is 2. The maximum absolute atomic E-state index is 4.46. The van der Waals surface area contributed by atoms with Gasteiger partial charge in [0, 0.05) is 24.4 Å². The Morgan fingerprint density at radius 2 is 2.38 bits per heavy atom. The molecule has 1 aromatic heterocycles. The maximum atomic E-state index is 4.46. The number of aryl methyl sites for hydroxylation is 2. The lowest BCUT2D eigenvalue weighted by Gasteiger charge is -2.19. The zero-order valence-electron chi connectivity index (χ0n) is 8.75. The highest BCUT2D eigenvalue weighted by molar-refractivity contribution is 5.12. The molecule has 13 heavy (non-hydrogen) atoms. The zero-order valence-corrected chi connectivity index (χ0v) is 8.75. The van der Waals surface area contributed by atoms with Gasteiger partial charge in [-0.25, -0.2) is 4.98 Å². The fourth-order valence-corrected chi connectivity index (χ4v) is 2.33. The van der Waals surface area contributed by atoms with Crippen LogP contribution in [-0.2, 0) is 12.8 Å². The number of nitrogens with zero attached hydrogens (tertiary/aromatic N) is 2. The van der Waals surface area contributed by atoms with Crippen LogP contribution in [0.2, 0.25) is 0 Å². The minimum Gasteiger partial charge on any atom is -0.329 e. The summed E-state index contributed by atoms with van der Waals surface area (Å²) >= 11 is 0. The Kier molecular flexibility index (Phi) is 2.14. The standard InChI is InChI=1S/C11H18N2/c1-4-9-7-12-11-6-5-10(8(2)3)13(9)11/h7-8,10H,4-6H2,1-3H3. The van der Waals surface area contributed by atoms with Gasteiger partial charge in [-0.3, -0.25) is 0 Å². The molecule has 1 unspecified atom stereocenters. The topological polar surface area (TPSA) is 17.8 Å². The van der Waals surface area contributed by atoms with Crippen LogP contribution in [0.25, 0.3) is 0 Å². The van der Waals surface area contributed by atoms with Crippen molar-refractivity contribution >= 4 is 0 Å². The highest BCUT2D eigenvalue weighted by atomic mass is 15.1. The molecule has 0 amide bonds. The molecular weight excluding hydrogens is 160 g/mol. The van der Waals surface area contributed by atoms with Crippen molar-refractivity contribution in [3.05, 3.63) is 17.7 Å². The van der Waals surface area contributed by atoms with Crippen LogP contribution in [0, 0.1) is 5.92 Å².